The fourth-order valence-corrected chi connectivity index (χ4v) is 2.43. The first-order chi connectivity index (χ1) is 8.34. The van der Waals surface area contributed by atoms with Gasteiger partial charge in [0.1, 0.15) is 0 Å². The highest BCUT2D eigenvalue weighted by atomic mass is 16.1. The molecular weight excluding hydrogens is 214 g/mol. The van der Waals surface area contributed by atoms with Crippen molar-refractivity contribution in [1.82, 2.24) is 15.1 Å². The molecule has 0 saturated carbocycles. The van der Waals surface area contributed by atoms with Gasteiger partial charge < -0.3 is 5.32 Å². The molecule has 0 unspecified atom stereocenters. The van der Waals surface area contributed by atoms with Gasteiger partial charge >= 0.3 is 0 Å². The van der Waals surface area contributed by atoms with Crippen LogP contribution in [0.4, 0.5) is 0 Å². The van der Waals surface area contributed by atoms with Crippen LogP contribution in [-0.4, -0.2) is 22.4 Å². The molecule has 1 atom stereocenters. The highest BCUT2D eigenvalue weighted by Gasteiger charge is 2.15. The Morgan fingerprint density at radius 2 is 2.29 bits per heavy atom. The van der Waals surface area contributed by atoms with E-state index >= 15 is 0 Å². The number of hydrogen-bond donors (Lipinski definition) is 1. The average molecular weight is 229 g/mol. The minimum atomic E-state index is -0.00349. The van der Waals surface area contributed by atoms with E-state index in [0.717, 1.165) is 24.0 Å². The summed E-state index contributed by atoms with van der Waals surface area (Å²) in [4.78, 5) is 11.7. The predicted molar refractivity (Wildman–Crippen MR) is 67.0 cm³/mol. The van der Waals surface area contributed by atoms with Gasteiger partial charge in [-0.25, -0.2) is 0 Å². The normalized spacial score (nSPS) is 19.9. The van der Waals surface area contributed by atoms with E-state index in [1.165, 1.54) is 19.0 Å². The predicted octanol–water partition coefficient (Wildman–Crippen LogP) is 1.15. The quantitative estimate of drug-likeness (QED) is 0.840. The van der Waals surface area contributed by atoms with Crippen molar-refractivity contribution >= 4 is 10.9 Å². The van der Waals surface area contributed by atoms with Gasteiger partial charge in [-0.2, -0.15) is 5.10 Å². The summed E-state index contributed by atoms with van der Waals surface area (Å²) in [6.45, 7) is 1.92. The largest absolute Gasteiger partial charge is 0.312 e. The number of benzene rings is 1. The molecule has 1 N–H and O–H groups in total. The topological polar surface area (TPSA) is 46.9 Å². The van der Waals surface area contributed by atoms with Gasteiger partial charge in [0.2, 0.25) is 5.43 Å². The van der Waals surface area contributed by atoms with Crippen molar-refractivity contribution in [3.63, 3.8) is 0 Å². The highest BCUT2D eigenvalue weighted by Crippen LogP contribution is 2.12. The maximum Gasteiger partial charge on any atom is 0.207 e. The molecule has 0 bridgehead atoms. The molecule has 1 aromatic carbocycles. The highest BCUT2D eigenvalue weighted by molar-refractivity contribution is 5.77. The van der Waals surface area contributed by atoms with Crippen LogP contribution >= 0.6 is 0 Å². The van der Waals surface area contributed by atoms with Crippen LogP contribution in [0.5, 0.6) is 0 Å². The number of nitrogens with zero attached hydrogens (tertiary/aromatic N) is 2. The van der Waals surface area contributed by atoms with Gasteiger partial charge in [0.25, 0.3) is 0 Å². The molecule has 3 rings (SSSR count). The fourth-order valence-electron chi connectivity index (χ4n) is 2.43. The molecule has 0 amide bonds. The Labute approximate surface area is 99.3 Å². The first-order valence-electron chi connectivity index (χ1n) is 6.03. The van der Waals surface area contributed by atoms with E-state index in [1.54, 1.807) is 0 Å². The minimum absolute atomic E-state index is 0.00349. The SMILES string of the molecule is O=c1cnn(C[C@@H]2CCCN2)c2ccccc12. The number of nitrogens with one attached hydrogen (secondary N) is 1. The summed E-state index contributed by atoms with van der Waals surface area (Å²) in [6.07, 6.45) is 3.82. The molecule has 17 heavy (non-hydrogen) atoms. The summed E-state index contributed by atoms with van der Waals surface area (Å²) in [5.74, 6) is 0. The van der Waals surface area contributed by atoms with Crippen LogP contribution in [0.3, 0.4) is 0 Å². The number of fused-ring (bicyclic) bond motifs is 1. The van der Waals surface area contributed by atoms with Gasteiger partial charge in [-0.05, 0) is 31.5 Å². The van der Waals surface area contributed by atoms with Crippen molar-refractivity contribution in [2.24, 2.45) is 0 Å². The smallest absolute Gasteiger partial charge is 0.207 e. The van der Waals surface area contributed by atoms with Crippen molar-refractivity contribution in [1.29, 1.82) is 0 Å². The summed E-state index contributed by atoms with van der Waals surface area (Å²) >= 11 is 0. The van der Waals surface area contributed by atoms with Crippen LogP contribution in [0.15, 0.2) is 35.3 Å². The van der Waals surface area contributed by atoms with Crippen molar-refractivity contribution < 1.29 is 0 Å². The Balaban J connectivity index is 2.04. The van der Waals surface area contributed by atoms with E-state index in [0.29, 0.717) is 6.04 Å². The Morgan fingerprint density at radius 1 is 1.41 bits per heavy atom. The van der Waals surface area contributed by atoms with Crippen molar-refractivity contribution in [2.75, 3.05) is 6.54 Å². The van der Waals surface area contributed by atoms with Gasteiger partial charge in [0, 0.05) is 11.4 Å². The first kappa shape index (κ1) is 10.5. The molecule has 88 valence electrons. The zero-order valence-electron chi connectivity index (χ0n) is 9.60. The monoisotopic (exact) mass is 229 g/mol. The van der Waals surface area contributed by atoms with Crippen LogP contribution in [0.2, 0.25) is 0 Å². The average Bonchev–Trinajstić information content (AvgIpc) is 2.86. The van der Waals surface area contributed by atoms with Crippen molar-refractivity contribution in [3.8, 4) is 0 Å². The molecular formula is C13H15N3O. The zero-order chi connectivity index (χ0) is 11.7. The molecule has 0 radical (unpaired) electrons. The van der Waals surface area contributed by atoms with Gasteiger partial charge in [-0.1, -0.05) is 12.1 Å². The first-order valence-corrected chi connectivity index (χ1v) is 6.03. The van der Waals surface area contributed by atoms with E-state index in [1.807, 2.05) is 28.9 Å². The second-order valence-corrected chi connectivity index (χ2v) is 4.50. The third-order valence-corrected chi connectivity index (χ3v) is 3.32. The maximum atomic E-state index is 11.7. The summed E-state index contributed by atoms with van der Waals surface area (Å²) in [6, 6.07) is 8.13. The zero-order valence-corrected chi connectivity index (χ0v) is 9.60. The van der Waals surface area contributed by atoms with Crippen molar-refractivity contribution in [2.45, 2.75) is 25.4 Å². The molecule has 1 saturated heterocycles. The summed E-state index contributed by atoms with van der Waals surface area (Å²) in [5.41, 5.74) is 0.921. The van der Waals surface area contributed by atoms with E-state index in [-0.39, 0.29) is 5.43 Å². The molecule has 0 aliphatic carbocycles. The van der Waals surface area contributed by atoms with Gasteiger partial charge in [-0.15, -0.1) is 0 Å². The van der Waals surface area contributed by atoms with Crippen molar-refractivity contribution in [3.05, 3.63) is 40.7 Å². The molecule has 1 fully saturated rings. The molecule has 1 aromatic heterocycles. The van der Waals surface area contributed by atoms with Gasteiger partial charge in [-0.3, -0.25) is 9.48 Å². The lowest BCUT2D eigenvalue weighted by Gasteiger charge is -2.14. The fraction of sp³-hybridized carbons (Fsp3) is 0.385. The number of para-hydroxylation sites is 1. The number of hydrogen-bond acceptors (Lipinski definition) is 3. The second-order valence-electron chi connectivity index (χ2n) is 4.50. The van der Waals surface area contributed by atoms with Gasteiger partial charge in [0.05, 0.1) is 18.3 Å². The number of aromatic nitrogens is 2. The van der Waals surface area contributed by atoms with Crippen LogP contribution < -0.4 is 10.7 Å². The molecule has 2 heterocycles. The molecule has 2 aromatic rings. The van der Waals surface area contributed by atoms with Gasteiger partial charge in [0.15, 0.2) is 0 Å². The third-order valence-electron chi connectivity index (χ3n) is 3.32. The Morgan fingerprint density at radius 3 is 3.12 bits per heavy atom. The molecule has 4 nitrogen and oxygen atoms in total. The van der Waals surface area contributed by atoms with Crippen LogP contribution in [-0.2, 0) is 6.54 Å². The number of rotatable bonds is 2. The minimum Gasteiger partial charge on any atom is -0.312 e. The lowest BCUT2D eigenvalue weighted by Crippen LogP contribution is -2.28. The Bertz CT molecular complexity index is 584. The van der Waals surface area contributed by atoms with Crippen LogP contribution in [0.1, 0.15) is 12.8 Å². The van der Waals surface area contributed by atoms with Crippen LogP contribution in [0.25, 0.3) is 10.9 Å². The summed E-state index contributed by atoms with van der Waals surface area (Å²) in [5, 5.41) is 8.43. The lowest BCUT2D eigenvalue weighted by molar-refractivity contribution is 0.481. The lowest BCUT2D eigenvalue weighted by atomic mass is 10.2. The van der Waals surface area contributed by atoms with E-state index in [4.69, 9.17) is 0 Å². The third kappa shape index (κ3) is 1.96. The summed E-state index contributed by atoms with van der Waals surface area (Å²) in [7, 11) is 0. The summed E-state index contributed by atoms with van der Waals surface area (Å²) < 4.78 is 1.93. The van der Waals surface area contributed by atoms with E-state index in [9.17, 15) is 4.79 Å². The molecule has 4 heteroatoms. The van der Waals surface area contributed by atoms with E-state index in [2.05, 4.69) is 10.4 Å². The standard InChI is InChI=1S/C13H15N3O/c17-13-8-15-16(9-10-4-3-7-14-10)12-6-2-1-5-11(12)13/h1-2,5-6,8,10,14H,3-4,7,9H2/t10-/m0/s1. The van der Waals surface area contributed by atoms with Crippen LogP contribution in [0, 0.1) is 0 Å². The molecule has 0 spiro atoms. The molecule has 1 aliphatic rings. The Kier molecular flexibility index (Phi) is 2.65. The Hall–Kier alpha value is -1.68. The van der Waals surface area contributed by atoms with E-state index < -0.39 is 0 Å². The maximum absolute atomic E-state index is 11.7. The second kappa shape index (κ2) is 4.30. The molecule has 1 aliphatic heterocycles.